The maximum Gasteiger partial charge on any atom is 0.410 e. The first-order chi connectivity index (χ1) is 10.2. The van der Waals surface area contributed by atoms with Gasteiger partial charge in [-0.25, -0.2) is 9.78 Å². The number of hydrogen-bond donors (Lipinski definition) is 1. The Labute approximate surface area is 131 Å². The minimum absolute atomic E-state index is 0.275. The largest absolute Gasteiger partial charge is 0.444 e. The topological polar surface area (TPSA) is 65.9 Å². The first-order valence-corrected chi connectivity index (χ1v) is 7.59. The van der Waals surface area contributed by atoms with Gasteiger partial charge in [-0.3, -0.25) is 0 Å². The summed E-state index contributed by atoms with van der Waals surface area (Å²) >= 11 is 0. The fourth-order valence-electron chi connectivity index (χ4n) is 2.40. The van der Waals surface area contributed by atoms with E-state index in [2.05, 4.69) is 4.98 Å². The Balaban J connectivity index is 2.06. The number of aromatic nitrogens is 1. The lowest BCUT2D eigenvalue weighted by Gasteiger charge is -2.27. The normalized spacial score (nSPS) is 19.8. The van der Waals surface area contributed by atoms with Crippen molar-refractivity contribution in [3.63, 3.8) is 0 Å². The smallest absolute Gasteiger partial charge is 0.410 e. The number of rotatable bonds is 1. The summed E-state index contributed by atoms with van der Waals surface area (Å²) in [4.78, 5) is 20.2. The number of carbonyl (C=O) groups is 1. The molecule has 1 aromatic heterocycles. The van der Waals surface area contributed by atoms with Gasteiger partial charge in [-0.1, -0.05) is 6.07 Å². The van der Waals surface area contributed by atoms with Crippen LogP contribution in [0.25, 0.3) is 0 Å². The van der Waals surface area contributed by atoms with Gasteiger partial charge in [0.1, 0.15) is 11.4 Å². The van der Waals surface area contributed by atoms with Crippen LogP contribution in [0.4, 0.5) is 10.6 Å². The lowest BCUT2D eigenvalue weighted by Crippen LogP contribution is -2.41. The van der Waals surface area contributed by atoms with E-state index < -0.39 is 11.7 Å². The molecule has 2 rings (SSSR count). The molecule has 1 atom stereocenters. The molecule has 0 saturated carbocycles. The fraction of sp³-hybridized carbons (Fsp3) is 0.625. The van der Waals surface area contributed by atoms with Gasteiger partial charge in [-0.05, 0) is 39.8 Å². The van der Waals surface area contributed by atoms with Crippen LogP contribution in [0.15, 0.2) is 18.2 Å². The van der Waals surface area contributed by atoms with E-state index in [1.54, 1.807) is 4.90 Å². The number of nitrogens with zero attached hydrogens (tertiary/aromatic N) is 3. The number of pyridine rings is 1. The van der Waals surface area contributed by atoms with E-state index in [9.17, 15) is 9.90 Å². The predicted molar refractivity (Wildman–Crippen MR) is 85.0 cm³/mol. The zero-order valence-corrected chi connectivity index (χ0v) is 13.7. The first-order valence-electron chi connectivity index (χ1n) is 7.59. The minimum atomic E-state index is -0.627. The van der Waals surface area contributed by atoms with Gasteiger partial charge in [0.2, 0.25) is 0 Å². The molecule has 1 fully saturated rings. The Kier molecular flexibility index (Phi) is 4.90. The Morgan fingerprint density at radius 1 is 1.32 bits per heavy atom. The number of anilines is 1. The molecule has 1 aromatic rings. The van der Waals surface area contributed by atoms with Crippen LogP contribution in [0.5, 0.6) is 0 Å². The highest BCUT2D eigenvalue weighted by Crippen LogP contribution is 2.16. The average molecular weight is 307 g/mol. The molecule has 0 spiro atoms. The molecule has 1 amide bonds. The molecule has 1 aliphatic heterocycles. The molecule has 1 saturated heterocycles. The van der Waals surface area contributed by atoms with Crippen LogP contribution in [-0.4, -0.2) is 59.0 Å². The molecule has 0 radical (unpaired) electrons. The van der Waals surface area contributed by atoms with Gasteiger partial charge in [-0.15, -0.1) is 0 Å². The second-order valence-electron chi connectivity index (χ2n) is 6.66. The highest BCUT2D eigenvalue weighted by atomic mass is 16.6. The second kappa shape index (κ2) is 6.52. The van der Waals surface area contributed by atoms with E-state index in [-0.39, 0.29) is 12.6 Å². The third-order valence-electron chi connectivity index (χ3n) is 3.35. The molecule has 1 aliphatic rings. The van der Waals surface area contributed by atoms with Crippen LogP contribution in [-0.2, 0) is 4.74 Å². The van der Waals surface area contributed by atoms with Gasteiger partial charge in [0.25, 0.3) is 0 Å². The van der Waals surface area contributed by atoms with Crippen LogP contribution < -0.4 is 4.90 Å². The van der Waals surface area contributed by atoms with Crippen molar-refractivity contribution in [3.8, 4) is 0 Å². The molecular formula is C16H25N3O3. The molecule has 0 aliphatic carbocycles. The summed E-state index contributed by atoms with van der Waals surface area (Å²) in [5.74, 6) is 0.824. The summed E-state index contributed by atoms with van der Waals surface area (Å²) in [5.41, 5.74) is 0.395. The number of amides is 1. The molecule has 122 valence electrons. The van der Waals surface area contributed by atoms with Crippen molar-refractivity contribution < 1.29 is 14.6 Å². The first kappa shape index (κ1) is 16.5. The van der Waals surface area contributed by atoms with Crippen LogP contribution in [0.1, 0.15) is 26.5 Å². The van der Waals surface area contributed by atoms with Gasteiger partial charge in [0.15, 0.2) is 0 Å². The number of β-amino-alcohol motifs (C(OH)–C–C–N with tert-alkyl or cyclic N) is 1. The standard InChI is InChI=1S/C16H25N3O3/c1-12-6-5-7-14(17-12)18-8-9-19(11-13(20)10-18)15(21)22-16(2,3)4/h5-7,13,20H,8-11H2,1-4H3. The molecule has 1 N–H and O–H groups in total. The molecule has 0 bridgehead atoms. The summed E-state index contributed by atoms with van der Waals surface area (Å²) in [5, 5.41) is 10.2. The quantitative estimate of drug-likeness (QED) is 0.857. The second-order valence-corrected chi connectivity index (χ2v) is 6.66. The Bertz CT molecular complexity index is 528. The van der Waals surface area contributed by atoms with Crippen molar-refractivity contribution >= 4 is 11.9 Å². The number of aliphatic hydroxyl groups is 1. The van der Waals surface area contributed by atoms with Crippen molar-refractivity contribution in [2.24, 2.45) is 0 Å². The van der Waals surface area contributed by atoms with Crippen molar-refractivity contribution in [2.75, 3.05) is 31.1 Å². The van der Waals surface area contributed by atoms with Crippen LogP contribution in [0.3, 0.4) is 0 Å². The van der Waals surface area contributed by atoms with Gasteiger partial charge < -0.3 is 19.6 Å². The van der Waals surface area contributed by atoms with E-state index >= 15 is 0 Å². The molecule has 0 aromatic carbocycles. The lowest BCUT2D eigenvalue weighted by atomic mass is 10.2. The van der Waals surface area contributed by atoms with Gasteiger partial charge in [0.05, 0.1) is 12.6 Å². The summed E-state index contributed by atoms with van der Waals surface area (Å²) in [7, 11) is 0. The van der Waals surface area contributed by atoms with E-state index in [1.807, 2.05) is 50.8 Å². The molecule has 2 heterocycles. The molecule has 6 nitrogen and oxygen atoms in total. The highest BCUT2D eigenvalue weighted by molar-refractivity contribution is 5.68. The minimum Gasteiger partial charge on any atom is -0.444 e. The zero-order chi connectivity index (χ0) is 16.3. The maximum atomic E-state index is 12.2. The third-order valence-corrected chi connectivity index (χ3v) is 3.35. The van der Waals surface area contributed by atoms with Crippen LogP contribution >= 0.6 is 0 Å². The molecule has 1 unspecified atom stereocenters. The third kappa shape index (κ3) is 4.59. The maximum absolute atomic E-state index is 12.2. The van der Waals surface area contributed by atoms with E-state index in [4.69, 9.17) is 4.74 Å². The number of ether oxygens (including phenoxy) is 1. The predicted octanol–water partition coefficient (Wildman–Crippen LogP) is 1.81. The lowest BCUT2D eigenvalue weighted by molar-refractivity contribution is 0.0186. The van der Waals surface area contributed by atoms with Gasteiger partial charge >= 0.3 is 6.09 Å². The van der Waals surface area contributed by atoms with Gasteiger partial charge in [0, 0.05) is 25.3 Å². The van der Waals surface area contributed by atoms with E-state index in [0.29, 0.717) is 19.6 Å². The van der Waals surface area contributed by atoms with Crippen LogP contribution in [0.2, 0.25) is 0 Å². The Hall–Kier alpha value is -1.82. The number of aliphatic hydroxyl groups excluding tert-OH is 1. The molecule has 6 heteroatoms. The molecule has 22 heavy (non-hydrogen) atoms. The SMILES string of the molecule is Cc1cccc(N2CCN(C(=O)OC(C)(C)C)CC(O)C2)n1. The average Bonchev–Trinajstić information content (AvgIpc) is 2.59. The van der Waals surface area contributed by atoms with Crippen molar-refractivity contribution in [1.29, 1.82) is 0 Å². The van der Waals surface area contributed by atoms with Crippen molar-refractivity contribution in [2.45, 2.75) is 39.4 Å². The summed E-state index contributed by atoms with van der Waals surface area (Å²) < 4.78 is 5.38. The number of hydrogen-bond acceptors (Lipinski definition) is 5. The fourth-order valence-corrected chi connectivity index (χ4v) is 2.40. The van der Waals surface area contributed by atoms with Gasteiger partial charge in [-0.2, -0.15) is 0 Å². The monoisotopic (exact) mass is 307 g/mol. The highest BCUT2D eigenvalue weighted by Gasteiger charge is 2.28. The van der Waals surface area contributed by atoms with Crippen molar-refractivity contribution in [3.05, 3.63) is 23.9 Å². The summed E-state index contributed by atoms with van der Waals surface area (Å²) in [6.07, 6.45) is -1.01. The van der Waals surface area contributed by atoms with E-state index in [0.717, 1.165) is 11.5 Å². The van der Waals surface area contributed by atoms with Crippen LogP contribution in [0, 0.1) is 6.92 Å². The summed E-state index contributed by atoms with van der Waals surface area (Å²) in [6.45, 7) is 9.29. The Morgan fingerprint density at radius 2 is 2.05 bits per heavy atom. The van der Waals surface area contributed by atoms with E-state index in [1.165, 1.54) is 0 Å². The summed E-state index contributed by atoms with van der Waals surface area (Å²) in [6, 6.07) is 5.80. The zero-order valence-electron chi connectivity index (χ0n) is 13.7. The number of carbonyl (C=O) groups excluding carboxylic acids is 1. The number of aryl methyl sites for hydroxylation is 1. The Morgan fingerprint density at radius 3 is 2.68 bits per heavy atom. The van der Waals surface area contributed by atoms with Crippen molar-refractivity contribution in [1.82, 2.24) is 9.88 Å². The molecular weight excluding hydrogens is 282 g/mol.